The van der Waals surface area contributed by atoms with Crippen LogP contribution in [0.25, 0.3) is 0 Å². The van der Waals surface area contributed by atoms with E-state index < -0.39 is 0 Å². The van der Waals surface area contributed by atoms with Crippen molar-refractivity contribution in [3.05, 3.63) is 18.0 Å². The monoisotopic (exact) mass is 250 g/mol. The molecule has 4 nitrogen and oxygen atoms in total. The molecule has 1 saturated carbocycles. The molecular weight excluding hydrogens is 224 g/mol. The van der Waals surface area contributed by atoms with Crippen LogP contribution in [0.5, 0.6) is 0 Å². The van der Waals surface area contributed by atoms with E-state index in [1.54, 1.807) is 0 Å². The van der Waals surface area contributed by atoms with E-state index in [9.17, 15) is 0 Å². The van der Waals surface area contributed by atoms with Gasteiger partial charge < -0.3 is 5.73 Å². The Balaban J connectivity index is 1.95. The van der Waals surface area contributed by atoms with Gasteiger partial charge in [0.15, 0.2) is 0 Å². The molecule has 0 amide bonds. The fraction of sp³-hybridized carbons (Fsp3) is 0.786. The van der Waals surface area contributed by atoms with E-state index >= 15 is 0 Å². The molecule has 2 rings (SSSR count). The summed E-state index contributed by atoms with van der Waals surface area (Å²) in [6.07, 6.45) is 7.24. The van der Waals surface area contributed by atoms with E-state index in [4.69, 9.17) is 5.73 Å². The Hall–Kier alpha value is -0.870. The fourth-order valence-corrected chi connectivity index (χ4v) is 2.41. The summed E-state index contributed by atoms with van der Waals surface area (Å²) in [5, 5.41) is 4.68. The minimum Gasteiger partial charge on any atom is -0.329 e. The largest absolute Gasteiger partial charge is 0.329 e. The molecule has 1 aliphatic carbocycles. The Morgan fingerprint density at radius 2 is 2.33 bits per heavy atom. The molecule has 0 bridgehead atoms. The zero-order valence-electron chi connectivity index (χ0n) is 11.7. The SMILES string of the molecule is CCC(C)n1ccc(CN(CCN)C2CCC2)n1. The van der Waals surface area contributed by atoms with Crippen LogP contribution in [0.3, 0.4) is 0 Å². The Labute approximate surface area is 110 Å². The van der Waals surface area contributed by atoms with Crippen LogP contribution in [0.4, 0.5) is 0 Å². The summed E-state index contributed by atoms with van der Waals surface area (Å²) in [6, 6.07) is 3.38. The zero-order valence-corrected chi connectivity index (χ0v) is 11.7. The van der Waals surface area contributed by atoms with Gasteiger partial charge in [0, 0.05) is 37.9 Å². The topological polar surface area (TPSA) is 47.1 Å². The number of hydrogen-bond donors (Lipinski definition) is 1. The van der Waals surface area contributed by atoms with Crippen LogP contribution in [0.1, 0.15) is 51.3 Å². The number of hydrogen-bond acceptors (Lipinski definition) is 3. The average Bonchev–Trinajstić information content (AvgIpc) is 2.74. The van der Waals surface area contributed by atoms with Gasteiger partial charge in [0.05, 0.1) is 5.69 Å². The number of aromatic nitrogens is 2. The van der Waals surface area contributed by atoms with E-state index in [0.717, 1.165) is 32.1 Å². The molecule has 0 spiro atoms. The molecule has 1 atom stereocenters. The zero-order chi connectivity index (χ0) is 13.0. The molecule has 1 aromatic heterocycles. The van der Waals surface area contributed by atoms with Crippen molar-refractivity contribution in [1.82, 2.24) is 14.7 Å². The molecule has 2 N–H and O–H groups in total. The quantitative estimate of drug-likeness (QED) is 0.806. The highest BCUT2D eigenvalue weighted by atomic mass is 15.3. The fourth-order valence-electron chi connectivity index (χ4n) is 2.41. The number of nitrogens with two attached hydrogens (primary N) is 1. The Morgan fingerprint density at radius 3 is 2.89 bits per heavy atom. The second-order valence-electron chi connectivity index (χ2n) is 5.39. The highest BCUT2D eigenvalue weighted by Crippen LogP contribution is 2.25. The predicted octanol–water partition coefficient (Wildman–Crippen LogP) is 2.17. The third kappa shape index (κ3) is 3.12. The molecule has 1 aromatic rings. The van der Waals surface area contributed by atoms with Gasteiger partial charge in [-0.05, 0) is 32.3 Å². The van der Waals surface area contributed by atoms with Crippen LogP contribution in [0.15, 0.2) is 12.3 Å². The lowest BCUT2D eigenvalue weighted by Crippen LogP contribution is -2.42. The first-order chi connectivity index (χ1) is 8.74. The number of rotatable bonds is 7. The van der Waals surface area contributed by atoms with Crippen LogP contribution >= 0.6 is 0 Å². The highest BCUT2D eigenvalue weighted by molar-refractivity contribution is 5.00. The van der Waals surface area contributed by atoms with Crippen LogP contribution < -0.4 is 5.73 Å². The van der Waals surface area contributed by atoms with Gasteiger partial charge in [0.25, 0.3) is 0 Å². The van der Waals surface area contributed by atoms with Gasteiger partial charge in [-0.1, -0.05) is 13.3 Å². The van der Waals surface area contributed by atoms with Gasteiger partial charge in [-0.25, -0.2) is 0 Å². The molecule has 1 heterocycles. The summed E-state index contributed by atoms with van der Waals surface area (Å²) in [5.74, 6) is 0. The molecule has 0 saturated heterocycles. The maximum atomic E-state index is 5.71. The summed E-state index contributed by atoms with van der Waals surface area (Å²) in [7, 11) is 0. The molecular formula is C14H26N4. The lowest BCUT2D eigenvalue weighted by atomic mass is 9.91. The minimum absolute atomic E-state index is 0.491. The molecule has 0 aliphatic heterocycles. The number of nitrogens with zero attached hydrogens (tertiary/aromatic N) is 3. The molecule has 102 valence electrons. The summed E-state index contributed by atoms with van der Waals surface area (Å²) >= 11 is 0. The summed E-state index contributed by atoms with van der Waals surface area (Å²) in [6.45, 7) is 7.08. The second kappa shape index (κ2) is 6.34. The van der Waals surface area contributed by atoms with Crippen molar-refractivity contribution < 1.29 is 0 Å². The van der Waals surface area contributed by atoms with Crippen LogP contribution in [0, 0.1) is 0 Å². The molecule has 1 fully saturated rings. The van der Waals surface area contributed by atoms with Gasteiger partial charge in [-0.15, -0.1) is 0 Å². The molecule has 18 heavy (non-hydrogen) atoms. The van der Waals surface area contributed by atoms with Crippen molar-refractivity contribution in [2.24, 2.45) is 5.73 Å². The minimum atomic E-state index is 0.491. The lowest BCUT2D eigenvalue weighted by Gasteiger charge is -2.36. The van der Waals surface area contributed by atoms with Gasteiger partial charge in [0.2, 0.25) is 0 Å². The van der Waals surface area contributed by atoms with E-state index in [2.05, 4.69) is 40.8 Å². The van der Waals surface area contributed by atoms with Crippen LogP contribution in [-0.4, -0.2) is 33.8 Å². The van der Waals surface area contributed by atoms with Gasteiger partial charge in [-0.3, -0.25) is 9.58 Å². The van der Waals surface area contributed by atoms with E-state index in [1.165, 1.54) is 25.0 Å². The van der Waals surface area contributed by atoms with Crippen molar-refractivity contribution in [2.75, 3.05) is 13.1 Å². The maximum absolute atomic E-state index is 5.71. The third-order valence-corrected chi connectivity index (χ3v) is 4.08. The summed E-state index contributed by atoms with van der Waals surface area (Å²) in [5.41, 5.74) is 6.88. The van der Waals surface area contributed by atoms with Crippen molar-refractivity contribution in [3.63, 3.8) is 0 Å². The third-order valence-electron chi connectivity index (χ3n) is 4.08. The first kappa shape index (κ1) is 13.6. The Kier molecular flexibility index (Phi) is 4.78. The first-order valence-corrected chi connectivity index (χ1v) is 7.22. The van der Waals surface area contributed by atoms with Crippen LogP contribution in [0.2, 0.25) is 0 Å². The Morgan fingerprint density at radius 1 is 1.56 bits per heavy atom. The van der Waals surface area contributed by atoms with E-state index in [1.807, 2.05) is 0 Å². The van der Waals surface area contributed by atoms with E-state index in [0.29, 0.717) is 6.04 Å². The van der Waals surface area contributed by atoms with Crippen LogP contribution in [-0.2, 0) is 6.54 Å². The molecule has 1 aliphatic rings. The van der Waals surface area contributed by atoms with Crippen molar-refractivity contribution in [2.45, 2.75) is 58.2 Å². The summed E-state index contributed by atoms with van der Waals surface area (Å²) < 4.78 is 2.08. The lowest BCUT2D eigenvalue weighted by molar-refractivity contribution is 0.121. The van der Waals surface area contributed by atoms with Gasteiger partial charge in [0.1, 0.15) is 0 Å². The van der Waals surface area contributed by atoms with Gasteiger partial charge in [-0.2, -0.15) is 5.10 Å². The molecule has 0 radical (unpaired) electrons. The average molecular weight is 250 g/mol. The van der Waals surface area contributed by atoms with Crippen molar-refractivity contribution >= 4 is 0 Å². The predicted molar refractivity (Wildman–Crippen MR) is 74.3 cm³/mol. The van der Waals surface area contributed by atoms with Crippen molar-refractivity contribution in [1.29, 1.82) is 0 Å². The summed E-state index contributed by atoms with van der Waals surface area (Å²) in [4.78, 5) is 2.49. The maximum Gasteiger partial charge on any atom is 0.0765 e. The molecule has 0 aromatic carbocycles. The smallest absolute Gasteiger partial charge is 0.0765 e. The van der Waals surface area contributed by atoms with Crippen molar-refractivity contribution in [3.8, 4) is 0 Å². The first-order valence-electron chi connectivity index (χ1n) is 7.22. The molecule has 4 heteroatoms. The highest BCUT2D eigenvalue weighted by Gasteiger charge is 2.24. The Bertz CT molecular complexity index is 356. The standard InChI is InChI=1S/C14H26N4/c1-3-12(2)18-9-7-13(16-18)11-17(10-8-15)14-5-4-6-14/h7,9,12,14H,3-6,8,10-11,15H2,1-2H3. The second-order valence-corrected chi connectivity index (χ2v) is 5.39. The van der Waals surface area contributed by atoms with Gasteiger partial charge >= 0.3 is 0 Å². The molecule has 1 unspecified atom stereocenters. The van der Waals surface area contributed by atoms with E-state index in [-0.39, 0.29) is 0 Å². The normalized spacial score (nSPS) is 18.0.